The molecule has 1 aromatic rings. The fourth-order valence-electron chi connectivity index (χ4n) is 5.74. The zero-order chi connectivity index (χ0) is 17.4. The summed E-state index contributed by atoms with van der Waals surface area (Å²) >= 11 is 0. The molecular weight excluding hydrogens is 314 g/mol. The van der Waals surface area contributed by atoms with E-state index in [1.807, 2.05) is 19.1 Å². The van der Waals surface area contributed by atoms with E-state index in [4.69, 9.17) is 0 Å². The second-order valence-electron chi connectivity index (χ2n) is 8.46. The molecular formula is C20H27N3O2. The van der Waals surface area contributed by atoms with Crippen molar-refractivity contribution in [2.24, 2.45) is 23.2 Å². The van der Waals surface area contributed by atoms with Crippen LogP contribution in [-0.2, 0) is 9.59 Å². The van der Waals surface area contributed by atoms with E-state index in [1.165, 1.54) is 19.3 Å². The Morgan fingerprint density at radius 2 is 1.84 bits per heavy atom. The molecule has 0 radical (unpaired) electrons. The van der Waals surface area contributed by atoms with Crippen LogP contribution in [0, 0.1) is 23.2 Å². The second-order valence-corrected chi connectivity index (χ2v) is 8.46. The summed E-state index contributed by atoms with van der Waals surface area (Å²) in [5.41, 5.74) is 0.771. The number of aromatic nitrogens is 1. The lowest BCUT2D eigenvalue weighted by atomic mass is 9.49. The third-order valence-electron chi connectivity index (χ3n) is 6.49. The summed E-state index contributed by atoms with van der Waals surface area (Å²) in [5, 5.41) is 5.86. The zero-order valence-corrected chi connectivity index (χ0v) is 14.8. The summed E-state index contributed by atoms with van der Waals surface area (Å²) < 4.78 is 0. The molecule has 25 heavy (non-hydrogen) atoms. The van der Waals surface area contributed by atoms with Gasteiger partial charge < -0.3 is 10.6 Å². The van der Waals surface area contributed by atoms with Gasteiger partial charge in [0, 0.05) is 17.8 Å². The van der Waals surface area contributed by atoms with Gasteiger partial charge in [-0.2, -0.15) is 0 Å². The number of nitrogens with zero attached hydrogens (tertiary/aromatic N) is 1. The van der Waals surface area contributed by atoms with Crippen molar-refractivity contribution >= 4 is 11.8 Å². The standard InChI is InChI=1S/C20H27N3O2/c1-13(17-3-2-4-21-11-17)23-18(24)12-22-19(25)20-8-14-5-15(9-20)7-16(6-14)10-20/h2-4,11,13-16H,5-10,12H2,1H3,(H,22,25)(H,23,24)/t13-,14?,15?,16?,20?/m0/s1. The van der Waals surface area contributed by atoms with Crippen molar-refractivity contribution in [3.63, 3.8) is 0 Å². The third kappa shape index (κ3) is 3.29. The van der Waals surface area contributed by atoms with Gasteiger partial charge in [-0.15, -0.1) is 0 Å². The molecule has 1 atom stereocenters. The first-order valence-corrected chi connectivity index (χ1v) is 9.52. The molecule has 0 aliphatic heterocycles. The first-order valence-electron chi connectivity index (χ1n) is 9.52. The third-order valence-corrected chi connectivity index (χ3v) is 6.49. The van der Waals surface area contributed by atoms with Gasteiger partial charge in [-0.05, 0) is 74.8 Å². The van der Waals surface area contributed by atoms with Crippen molar-refractivity contribution < 1.29 is 9.59 Å². The maximum absolute atomic E-state index is 12.9. The Morgan fingerprint density at radius 1 is 1.20 bits per heavy atom. The second kappa shape index (κ2) is 6.43. The van der Waals surface area contributed by atoms with E-state index in [9.17, 15) is 9.59 Å². The van der Waals surface area contributed by atoms with E-state index in [0.29, 0.717) is 0 Å². The van der Waals surface area contributed by atoms with Crippen molar-refractivity contribution in [1.82, 2.24) is 15.6 Å². The minimum absolute atomic E-state index is 0.0607. The average molecular weight is 341 g/mol. The molecule has 5 nitrogen and oxygen atoms in total. The number of hydrogen-bond acceptors (Lipinski definition) is 3. The van der Waals surface area contributed by atoms with Gasteiger partial charge in [0.1, 0.15) is 0 Å². The maximum Gasteiger partial charge on any atom is 0.239 e. The molecule has 1 heterocycles. The van der Waals surface area contributed by atoms with Crippen LogP contribution < -0.4 is 10.6 Å². The van der Waals surface area contributed by atoms with Crippen LogP contribution in [-0.4, -0.2) is 23.3 Å². The fourth-order valence-corrected chi connectivity index (χ4v) is 5.74. The first kappa shape index (κ1) is 16.6. The lowest BCUT2D eigenvalue weighted by Gasteiger charge is -2.55. The minimum Gasteiger partial charge on any atom is -0.348 e. The summed E-state index contributed by atoms with van der Waals surface area (Å²) in [6.07, 6.45) is 10.5. The summed E-state index contributed by atoms with van der Waals surface area (Å²) in [5.74, 6) is 2.16. The van der Waals surface area contributed by atoms with Gasteiger partial charge in [0.15, 0.2) is 0 Å². The van der Waals surface area contributed by atoms with E-state index < -0.39 is 0 Å². The van der Waals surface area contributed by atoms with Crippen molar-refractivity contribution in [2.45, 2.75) is 51.5 Å². The van der Waals surface area contributed by atoms with Crippen LogP contribution in [0.15, 0.2) is 24.5 Å². The van der Waals surface area contributed by atoms with E-state index in [-0.39, 0.29) is 29.8 Å². The lowest BCUT2D eigenvalue weighted by Crippen LogP contribution is -2.54. The molecule has 0 spiro atoms. The molecule has 1 aromatic heterocycles. The number of carbonyl (C=O) groups is 2. The van der Waals surface area contributed by atoms with Crippen LogP contribution in [0.1, 0.15) is 57.1 Å². The van der Waals surface area contributed by atoms with Crippen LogP contribution >= 0.6 is 0 Å². The quantitative estimate of drug-likeness (QED) is 0.865. The summed E-state index contributed by atoms with van der Waals surface area (Å²) in [7, 11) is 0. The molecule has 0 aromatic carbocycles. The molecule has 2 amide bonds. The summed E-state index contributed by atoms with van der Waals surface area (Å²) in [6.45, 7) is 1.99. The van der Waals surface area contributed by atoms with Crippen LogP contribution in [0.4, 0.5) is 0 Å². The van der Waals surface area contributed by atoms with E-state index >= 15 is 0 Å². The molecule has 0 saturated heterocycles. The van der Waals surface area contributed by atoms with Gasteiger partial charge in [0.25, 0.3) is 0 Å². The first-order chi connectivity index (χ1) is 12.0. The number of hydrogen-bond donors (Lipinski definition) is 2. The molecule has 4 saturated carbocycles. The number of pyridine rings is 1. The Morgan fingerprint density at radius 3 is 2.40 bits per heavy atom. The molecule has 4 aliphatic carbocycles. The van der Waals surface area contributed by atoms with E-state index in [1.54, 1.807) is 12.4 Å². The van der Waals surface area contributed by atoms with Crippen LogP contribution in [0.5, 0.6) is 0 Å². The maximum atomic E-state index is 12.9. The Bertz CT molecular complexity index is 623. The van der Waals surface area contributed by atoms with Gasteiger partial charge in [0.05, 0.1) is 12.6 Å². The highest BCUT2D eigenvalue weighted by atomic mass is 16.2. The largest absolute Gasteiger partial charge is 0.348 e. The summed E-state index contributed by atoms with van der Waals surface area (Å²) in [6, 6.07) is 3.68. The average Bonchev–Trinajstić information content (AvgIpc) is 2.59. The molecule has 134 valence electrons. The number of nitrogens with one attached hydrogen (secondary N) is 2. The minimum atomic E-state index is -0.190. The molecule has 4 bridgehead atoms. The number of rotatable bonds is 5. The Kier molecular flexibility index (Phi) is 4.26. The predicted molar refractivity (Wildman–Crippen MR) is 94.4 cm³/mol. The van der Waals surface area contributed by atoms with Gasteiger partial charge in [-0.25, -0.2) is 0 Å². The van der Waals surface area contributed by atoms with Crippen LogP contribution in [0.3, 0.4) is 0 Å². The monoisotopic (exact) mass is 341 g/mol. The zero-order valence-electron chi connectivity index (χ0n) is 14.8. The van der Waals surface area contributed by atoms with Gasteiger partial charge >= 0.3 is 0 Å². The molecule has 5 heteroatoms. The molecule has 4 aliphatic rings. The highest BCUT2D eigenvalue weighted by Gasteiger charge is 2.54. The van der Waals surface area contributed by atoms with Crippen LogP contribution in [0.2, 0.25) is 0 Å². The fraction of sp³-hybridized carbons (Fsp3) is 0.650. The van der Waals surface area contributed by atoms with E-state index in [0.717, 1.165) is 42.6 Å². The smallest absolute Gasteiger partial charge is 0.239 e. The molecule has 2 N–H and O–H groups in total. The number of amides is 2. The Hall–Kier alpha value is -1.91. The number of carbonyl (C=O) groups excluding carboxylic acids is 2. The molecule has 5 rings (SSSR count). The summed E-state index contributed by atoms with van der Waals surface area (Å²) in [4.78, 5) is 29.1. The predicted octanol–water partition coefficient (Wildman–Crippen LogP) is 2.59. The SMILES string of the molecule is C[C@H](NC(=O)CNC(=O)C12CC3CC(CC(C3)C1)C2)c1cccnc1. The van der Waals surface area contributed by atoms with Crippen molar-refractivity contribution in [3.05, 3.63) is 30.1 Å². The van der Waals surface area contributed by atoms with Gasteiger partial charge in [-0.3, -0.25) is 14.6 Å². The van der Waals surface area contributed by atoms with Crippen molar-refractivity contribution in [2.75, 3.05) is 6.54 Å². The van der Waals surface area contributed by atoms with Crippen LogP contribution in [0.25, 0.3) is 0 Å². The van der Waals surface area contributed by atoms with E-state index in [2.05, 4.69) is 15.6 Å². The molecule has 0 unspecified atom stereocenters. The normalized spacial score (nSPS) is 33.7. The molecule has 4 fully saturated rings. The van der Waals surface area contributed by atoms with Crippen molar-refractivity contribution in [1.29, 1.82) is 0 Å². The Balaban J connectivity index is 1.31. The Labute approximate surface area is 149 Å². The highest BCUT2D eigenvalue weighted by molar-refractivity contribution is 5.88. The highest BCUT2D eigenvalue weighted by Crippen LogP contribution is 2.60. The van der Waals surface area contributed by atoms with Crippen molar-refractivity contribution in [3.8, 4) is 0 Å². The lowest BCUT2D eigenvalue weighted by molar-refractivity contribution is -0.147. The van der Waals surface area contributed by atoms with Gasteiger partial charge in [-0.1, -0.05) is 6.07 Å². The van der Waals surface area contributed by atoms with Gasteiger partial charge in [0.2, 0.25) is 11.8 Å². The topological polar surface area (TPSA) is 71.1 Å².